The predicted octanol–water partition coefficient (Wildman–Crippen LogP) is 5.35. The Balaban J connectivity index is 1.64. The number of fused-ring (bicyclic) bond motifs is 3. The molecule has 0 saturated carbocycles. The van der Waals surface area contributed by atoms with Crippen molar-refractivity contribution in [1.29, 1.82) is 0 Å². The highest BCUT2D eigenvalue weighted by atomic mass is 35.5. The Kier molecular flexibility index (Phi) is 3.65. The van der Waals surface area contributed by atoms with Crippen LogP contribution in [0.5, 0.6) is 11.5 Å². The lowest BCUT2D eigenvalue weighted by Crippen LogP contribution is -2.33. The first-order valence-corrected chi connectivity index (χ1v) is 9.60. The van der Waals surface area contributed by atoms with Gasteiger partial charge in [0.05, 0.1) is 22.2 Å². The van der Waals surface area contributed by atoms with Gasteiger partial charge in [-0.3, -0.25) is 0 Å². The molecule has 4 nitrogen and oxygen atoms in total. The van der Waals surface area contributed by atoms with Gasteiger partial charge in [-0.25, -0.2) is 5.01 Å². The van der Waals surface area contributed by atoms with Crippen molar-refractivity contribution in [1.82, 2.24) is 5.01 Å². The molecule has 0 fully saturated rings. The summed E-state index contributed by atoms with van der Waals surface area (Å²) in [7, 11) is 0. The second-order valence-electron chi connectivity index (χ2n) is 6.34. The summed E-state index contributed by atoms with van der Waals surface area (Å²) in [6, 6.07) is 17.2. The fourth-order valence-corrected chi connectivity index (χ4v) is 4.46. The van der Waals surface area contributed by atoms with E-state index in [4.69, 9.17) is 21.4 Å². The lowest BCUT2D eigenvalue weighted by molar-refractivity contribution is -0.0203. The van der Waals surface area contributed by atoms with Crippen LogP contribution >= 0.6 is 22.9 Å². The number of thiophene rings is 1. The number of aromatic hydroxyl groups is 1. The average Bonchev–Trinajstić information content (AvgIpc) is 3.32. The molecule has 5 rings (SSSR count). The Bertz CT molecular complexity index is 1000. The summed E-state index contributed by atoms with van der Waals surface area (Å²) >= 11 is 7.85. The number of phenols is 1. The molecule has 1 aromatic heterocycles. The van der Waals surface area contributed by atoms with Crippen molar-refractivity contribution in [3.05, 3.63) is 81.0 Å². The molecule has 6 heteroatoms. The first-order valence-electron chi connectivity index (χ1n) is 8.34. The van der Waals surface area contributed by atoms with Crippen LogP contribution in [0, 0.1) is 0 Å². The molecule has 0 saturated heterocycles. The summed E-state index contributed by atoms with van der Waals surface area (Å²) in [5.74, 6) is 0.970. The van der Waals surface area contributed by atoms with Crippen LogP contribution in [0.2, 0.25) is 5.02 Å². The van der Waals surface area contributed by atoms with E-state index in [1.807, 2.05) is 29.3 Å². The van der Waals surface area contributed by atoms with Gasteiger partial charge in [0.15, 0.2) is 0 Å². The van der Waals surface area contributed by atoms with Crippen molar-refractivity contribution in [3.8, 4) is 11.5 Å². The van der Waals surface area contributed by atoms with Crippen molar-refractivity contribution in [3.63, 3.8) is 0 Å². The summed E-state index contributed by atoms with van der Waals surface area (Å²) in [5, 5.41) is 19.8. The average molecular weight is 383 g/mol. The molecule has 0 unspecified atom stereocenters. The van der Waals surface area contributed by atoms with Crippen molar-refractivity contribution in [2.75, 3.05) is 0 Å². The number of ether oxygens (including phenoxy) is 1. The molecule has 0 radical (unpaired) electrons. The van der Waals surface area contributed by atoms with Crippen LogP contribution in [-0.2, 0) is 0 Å². The van der Waals surface area contributed by atoms with Crippen LogP contribution in [0.15, 0.2) is 65.1 Å². The molecule has 2 aromatic carbocycles. The highest BCUT2D eigenvalue weighted by Gasteiger charge is 2.41. The molecule has 2 aliphatic rings. The first-order chi connectivity index (χ1) is 12.7. The predicted molar refractivity (Wildman–Crippen MR) is 103 cm³/mol. The number of halogens is 1. The lowest BCUT2D eigenvalue weighted by Gasteiger charge is -2.38. The van der Waals surface area contributed by atoms with Gasteiger partial charge in [-0.05, 0) is 35.7 Å². The maximum Gasteiger partial charge on any atom is 0.217 e. The molecule has 0 aliphatic carbocycles. The molecule has 1 N–H and O–H groups in total. The zero-order chi connectivity index (χ0) is 17.7. The zero-order valence-electron chi connectivity index (χ0n) is 13.7. The van der Waals surface area contributed by atoms with Crippen LogP contribution < -0.4 is 4.74 Å². The molecule has 2 aliphatic heterocycles. The largest absolute Gasteiger partial charge is 0.507 e. The minimum Gasteiger partial charge on any atom is -0.507 e. The van der Waals surface area contributed by atoms with Crippen LogP contribution in [-0.4, -0.2) is 15.8 Å². The number of hydrogen-bond acceptors (Lipinski definition) is 5. The lowest BCUT2D eigenvalue weighted by atomic mass is 9.97. The number of nitrogens with zero attached hydrogens (tertiary/aromatic N) is 2. The van der Waals surface area contributed by atoms with Crippen molar-refractivity contribution in [2.24, 2.45) is 5.10 Å². The van der Waals surface area contributed by atoms with E-state index in [9.17, 15) is 5.11 Å². The third-order valence-electron chi connectivity index (χ3n) is 4.76. The van der Waals surface area contributed by atoms with Crippen LogP contribution in [0.25, 0.3) is 0 Å². The van der Waals surface area contributed by atoms with E-state index in [1.165, 1.54) is 0 Å². The fraction of sp³-hybridized carbons (Fsp3) is 0.150. The van der Waals surface area contributed by atoms with Gasteiger partial charge in [-0.15, -0.1) is 11.3 Å². The van der Waals surface area contributed by atoms with Gasteiger partial charge in [0.2, 0.25) is 6.23 Å². The zero-order valence-corrected chi connectivity index (χ0v) is 15.2. The summed E-state index contributed by atoms with van der Waals surface area (Å²) in [6.07, 6.45) is 0.282. The number of para-hydroxylation sites is 1. The molecule has 0 bridgehead atoms. The van der Waals surface area contributed by atoms with Crippen LogP contribution in [0.3, 0.4) is 0 Å². The van der Waals surface area contributed by atoms with Gasteiger partial charge in [0, 0.05) is 17.0 Å². The second-order valence-corrected chi connectivity index (χ2v) is 7.72. The highest BCUT2D eigenvalue weighted by molar-refractivity contribution is 7.12. The quantitative estimate of drug-likeness (QED) is 0.649. The molecule has 2 atom stereocenters. The first kappa shape index (κ1) is 15.7. The Morgan fingerprint density at radius 1 is 1.12 bits per heavy atom. The summed E-state index contributed by atoms with van der Waals surface area (Å²) in [5.41, 5.74) is 2.77. The second kappa shape index (κ2) is 6.04. The smallest absolute Gasteiger partial charge is 0.217 e. The minimum absolute atomic E-state index is 0.0698. The Hall–Kier alpha value is -2.50. The van der Waals surface area contributed by atoms with E-state index in [0.29, 0.717) is 10.6 Å². The SMILES string of the molecule is Oc1ccc(Cl)cc1[C@@H]1Oc2ccccc2[C@H]2CC(c3cccs3)=NN21. The minimum atomic E-state index is -0.522. The summed E-state index contributed by atoms with van der Waals surface area (Å²) < 4.78 is 6.24. The van der Waals surface area contributed by atoms with Crippen molar-refractivity contribution >= 4 is 28.6 Å². The third kappa shape index (κ3) is 2.47. The molecular weight excluding hydrogens is 368 g/mol. The van der Waals surface area contributed by atoms with Crippen molar-refractivity contribution in [2.45, 2.75) is 18.7 Å². The van der Waals surface area contributed by atoms with Gasteiger partial charge < -0.3 is 9.84 Å². The molecular formula is C20H15ClN2O2S. The molecule has 26 heavy (non-hydrogen) atoms. The monoisotopic (exact) mass is 382 g/mol. The number of hydrazone groups is 1. The van der Waals surface area contributed by atoms with E-state index in [-0.39, 0.29) is 11.8 Å². The van der Waals surface area contributed by atoms with Gasteiger partial charge in [0.25, 0.3) is 0 Å². The van der Waals surface area contributed by atoms with Crippen molar-refractivity contribution < 1.29 is 9.84 Å². The number of phenolic OH excluding ortho intramolecular Hbond substituents is 1. The number of hydrogen-bond donors (Lipinski definition) is 1. The Morgan fingerprint density at radius 3 is 2.85 bits per heavy atom. The molecule has 3 heterocycles. The molecule has 0 amide bonds. The maximum absolute atomic E-state index is 10.4. The van der Waals surface area contributed by atoms with E-state index in [1.54, 1.807) is 29.5 Å². The van der Waals surface area contributed by atoms with Gasteiger partial charge >= 0.3 is 0 Å². The standard InChI is InChI=1S/C20H15ClN2O2S/c21-12-7-8-17(24)14(10-12)20-23-16(13-4-1-2-5-18(13)25-20)11-15(22-23)19-6-3-9-26-19/h1-10,16,20,24H,11H2/t16-,20+/m1/s1. The Morgan fingerprint density at radius 2 is 2.00 bits per heavy atom. The van der Waals surface area contributed by atoms with Crippen LogP contribution in [0.1, 0.15) is 34.7 Å². The third-order valence-corrected chi connectivity index (χ3v) is 5.91. The molecule has 0 spiro atoms. The fourth-order valence-electron chi connectivity index (χ4n) is 3.55. The number of rotatable bonds is 2. The van der Waals surface area contributed by atoms with E-state index in [2.05, 4.69) is 17.5 Å². The maximum atomic E-state index is 10.4. The van der Waals surface area contributed by atoms with Gasteiger partial charge in [-0.2, -0.15) is 5.10 Å². The van der Waals surface area contributed by atoms with Gasteiger partial charge in [-0.1, -0.05) is 35.9 Å². The van der Waals surface area contributed by atoms with E-state index in [0.717, 1.165) is 28.3 Å². The normalized spacial score (nSPS) is 21.0. The summed E-state index contributed by atoms with van der Waals surface area (Å²) in [6.45, 7) is 0. The van der Waals surface area contributed by atoms with E-state index < -0.39 is 6.23 Å². The van der Waals surface area contributed by atoms with E-state index >= 15 is 0 Å². The number of benzene rings is 2. The van der Waals surface area contributed by atoms with Crippen LogP contribution in [0.4, 0.5) is 0 Å². The summed E-state index contributed by atoms with van der Waals surface area (Å²) in [4.78, 5) is 1.16. The molecule has 3 aromatic rings. The Labute approximate surface area is 159 Å². The van der Waals surface area contributed by atoms with Gasteiger partial charge in [0.1, 0.15) is 11.5 Å². The topological polar surface area (TPSA) is 45.1 Å². The molecule has 130 valence electrons. The highest BCUT2D eigenvalue weighted by Crippen LogP contribution is 2.49.